The molecule has 1 N–H and O–H groups in total. The van der Waals surface area contributed by atoms with Crippen LogP contribution in [0.4, 0.5) is 5.69 Å². The number of amides is 2. The maximum atomic E-state index is 12.5. The summed E-state index contributed by atoms with van der Waals surface area (Å²) in [5.41, 5.74) is 3.01. The van der Waals surface area contributed by atoms with Crippen LogP contribution < -0.4 is 10.1 Å². The Morgan fingerprint density at radius 1 is 1.03 bits per heavy atom. The number of carbonyl (C=O) groups is 2. The van der Waals surface area contributed by atoms with Crippen LogP contribution in [0.25, 0.3) is 6.08 Å². The zero-order valence-electron chi connectivity index (χ0n) is 16.3. The molecule has 0 spiro atoms. The van der Waals surface area contributed by atoms with Gasteiger partial charge in [-0.2, -0.15) is 0 Å². The molecule has 0 bridgehead atoms. The summed E-state index contributed by atoms with van der Waals surface area (Å²) < 4.78 is 5.51. The molecule has 2 amide bonds. The largest absolute Gasteiger partial charge is 0.493 e. The Kier molecular flexibility index (Phi) is 5.91. The number of para-hydroxylation sites is 1. The van der Waals surface area contributed by atoms with Crippen LogP contribution in [0.5, 0.6) is 5.75 Å². The molecule has 0 radical (unpaired) electrons. The summed E-state index contributed by atoms with van der Waals surface area (Å²) in [6, 6.07) is 15.5. The van der Waals surface area contributed by atoms with E-state index in [9.17, 15) is 9.59 Å². The number of nitrogens with zero attached hydrogens (tertiary/aromatic N) is 2. The number of hydrogen-bond donors (Lipinski definition) is 1. The van der Waals surface area contributed by atoms with Crippen molar-refractivity contribution in [2.75, 3.05) is 44.6 Å². The topological polar surface area (TPSA) is 61.9 Å². The fourth-order valence-electron chi connectivity index (χ4n) is 3.63. The zero-order valence-corrected chi connectivity index (χ0v) is 16.3. The Balaban J connectivity index is 1.23. The molecule has 2 aromatic rings. The normalized spacial score (nSPS) is 16.5. The third kappa shape index (κ3) is 5.03. The van der Waals surface area contributed by atoms with Gasteiger partial charge in [0.15, 0.2) is 0 Å². The van der Waals surface area contributed by atoms with E-state index in [0.717, 1.165) is 30.0 Å². The molecular weight excluding hydrogens is 366 g/mol. The quantitative estimate of drug-likeness (QED) is 0.796. The van der Waals surface area contributed by atoms with E-state index in [4.69, 9.17) is 4.74 Å². The Labute approximate surface area is 170 Å². The number of rotatable bonds is 5. The third-order valence-corrected chi connectivity index (χ3v) is 5.24. The Hall–Kier alpha value is -3.12. The number of carbonyl (C=O) groups excluding carboxylic acids is 2. The SMILES string of the molecule is O=C(CN1CCN(C(=O)/C=C/c2ccc3c(c2)CCO3)CC1)Nc1ccccc1. The minimum atomic E-state index is -0.0311. The Morgan fingerprint density at radius 3 is 2.62 bits per heavy atom. The molecule has 0 aromatic heterocycles. The first-order chi connectivity index (χ1) is 14.2. The van der Waals surface area contributed by atoms with Gasteiger partial charge in [0, 0.05) is 44.4 Å². The second-order valence-corrected chi connectivity index (χ2v) is 7.31. The number of anilines is 1. The Morgan fingerprint density at radius 2 is 1.83 bits per heavy atom. The van der Waals surface area contributed by atoms with Gasteiger partial charge in [0.1, 0.15) is 5.75 Å². The van der Waals surface area contributed by atoms with E-state index in [2.05, 4.69) is 16.3 Å². The van der Waals surface area contributed by atoms with Crippen LogP contribution in [-0.4, -0.2) is 60.9 Å². The molecular formula is C23H25N3O3. The highest BCUT2D eigenvalue weighted by Gasteiger charge is 2.21. The van der Waals surface area contributed by atoms with Crippen molar-refractivity contribution >= 4 is 23.6 Å². The van der Waals surface area contributed by atoms with Gasteiger partial charge >= 0.3 is 0 Å². The molecule has 1 fully saturated rings. The van der Waals surface area contributed by atoms with E-state index in [1.54, 1.807) is 6.08 Å². The van der Waals surface area contributed by atoms with Gasteiger partial charge in [-0.25, -0.2) is 0 Å². The molecule has 150 valence electrons. The fourth-order valence-corrected chi connectivity index (χ4v) is 3.63. The molecule has 2 aliphatic heterocycles. The van der Waals surface area contributed by atoms with Crippen molar-refractivity contribution in [3.63, 3.8) is 0 Å². The number of nitrogens with one attached hydrogen (secondary N) is 1. The van der Waals surface area contributed by atoms with Crippen LogP contribution in [0.3, 0.4) is 0 Å². The Bertz CT molecular complexity index is 903. The first-order valence-corrected chi connectivity index (χ1v) is 9.97. The van der Waals surface area contributed by atoms with Gasteiger partial charge in [-0.15, -0.1) is 0 Å². The van der Waals surface area contributed by atoms with E-state index in [1.165, 1.54) is 5.56 Å². The number of piperazine rings is 1. The van der Waals surface area contributed by atoms with Gasteiger partial charge in [-0.1, -0.05) is 24.3 Å². The molecule has 6 nitrogen and oxygen atoms in total. The van der Waals surface area contributed by atoms with Gasteiger partial charge in [0.2, 0.25) is 11.8 Å². The van der Waals surface area contributed by atoms with Crippen LogP contribution in [-0.2, 0) is 16.0 Å². The van der Waals surface area contributed by atoms with Crippen LogP contribution in [0, 0.1) is 0 Å². The lowest BCUT2D eigenvalue weighted by Gasteiger charge is -2.33. The average Bonchev–Trinajstić information content (AvgIpc) is 3.21. The molecule has 2 aliphatic rings. The van der Waals surface area contributed by atoms with Gasteiger partial charge < -0.3 is 15.0 Å². The highest BCUT2D eigenvalue weighted by Crippen LogP contribution is 2.26. The van der Waals surface area contributed by atoms with E-state index in [0.29, 0.717) is 32.7 Å². The lowest BCUT2D eigenvalue weighted by atomic mass is 10.1. The maximum Gasteiger partial charge on any atom is 0.246 e. The van der Waals surface area contributed by atoms with Crippen LogP contribution in [0.15, 0.2) is 54.6 Å². The third-order valence-electron chi connectivity index (χ3n) is 5.24. The van der Waals surface area contributed by atoms with Gasteiger partial charge in [0.25, 0.3) is 0 Å². The van der Waals surface area contributed by atoms with E-state index in [1.807, 2.05) is 53.4 Å². The van der Waals surface area contributed by atoms with Crippen molar-refractivity contribution in [2.45, 2.75) is 6.42 Å². The van der Waals surface area contributed by atoms with E-state index in [-0.39, 0.29) is 11.8 Å². The molecule has 2 aromatic carbocycles. The number of hydrogen-bond acceptors (Lipinski definition) is 4. The first-order valence-electron chi connectivity index (χ1n) is 9.97. The van der Waals surface area contributed by atoms with Crippen molar-refractivity contribution in [2.24, 2.45) is 0 Å². The molecule has 0 aliphatic carbocycles. The summed E-state index contributed by atoms with van der Waals surface area (Å²) in [7, 11) is 0. The van der Waals surface area contributed by atoms with Crippen molar-refractivity contribution in [1.29, 1.82) is 0 Å². The van der Waals surface area contributed by atoms with Crippen molar-refractivity contribution in [3.8, 4) is 5.75 Å². The lowest BCUT2D eigenvalue weighted by Crippen LogP contribution is -2.50. The lowest BCUT2D eigenvalue weighted by molar-refractivity contribution is -0.127. The monoisotopic (exact) mass is 391 g/mol. The fraction of sp³-hybridized carbons (Fsp3) is 0.304. The molecule has 29 heavy (non-hydrogen) atoms. The number of fused-ring (bicyclic) bond motifs is 1. The summed E-state index contributed by atoms with van der Waals surface area (Å²) in [4.78, 5) is 28.6. The predicted molar refractivity (Wildman–Crippen MR) is 113 cm³/mol. The molecule has 0 saturated carbocycles. The highest BCUT2D eigenvalue weighted by molar-refractivity contribution is 5.93. The molecule has 1 saturated heterocycles. The summed E-state index contributed by atoms with van der Waals surface area (Å²) in [5, 5.41) is 2.90. The van der Waals surface area contributed by atoms with Gasteiger partial charge in [0.05, 0.1) is 13.2 Å². The zero-order chi connectivity index (χ0) is 20.1. The van der Waals surface area contributed by atoms with Crippen molar-refractivity contribution < 1.29 is 14.3 Å². The van der Waals surface area contributed by atoms with E-state index >= 15 is 0 Å². The highest BCUT2D eigenvalue weighted by atomic mass is 16.5. The van der Waals surface area contributed by atoms with Gasteiger partial charge in [-0.3, -0.25) is 14.5 Å². The first kappa shape index (κ1) is 19.2. The molecule has 6 heteroatoms. The summed E-state index contributed by atoms with van der Waals surface area (Å²) in [6.45, 7) is 3.70. The second kappa shape index (κ2) is 8.92. The second-order valence-electron chi connectivity index (χ2n) is 7.31. The van der Waals surface area contributed by atoms with Crippen molar-refractivity contribution in [1.82, 2.24) is 9.80 Å². The molecule has 0 atom stereocenters. The van der Waals surface area contributed by atoms with Crippen LogP contribution in [0.2, 0.25) is 0 Å². The summed E-state index contributed by atoms with van der Waals surface area (Å²) >= 11 is 0. The maximum absolute atomic E-state index is 12.5. The average molecular weight is 391 g/mol. The molecule has 0 unspecified atom stereocenters. The van der Waals surface area contributed by atoms with Crippen LogP contribution in [0.1, 0.15) is 11.1 Å². The minimum Gasteiger partial charge on any atom is -0.493 e. The van der Waals surface area contributed by atoms with Gasteiger partial charge in [-0.05, 0) is 41.5 Å². The molecule has 2 heterocycles. The standard InChI is InChI=1S/C23H25N3O3/c27-22(24-20-4-2-1-3-5-20)17-25-11-13-26(14-12-25)23(28)9-7-18-6-8-21-19(16-18)10-15-29-21/h1-9,16H,10-15,17H2,(H,24,27)/b9-7+. The number of ether oxygens (including phenoxy) is 1. The summed E-state index contributed by atoms with van der Waals surface area (Å²) in [5.74, 6) is 0.924. The summed E-state index contributed by atoms with van der Waals surface area (Å²) in [6.07, 6.45) is 4.42. The number of benzene rings is 2. The van der Waals surface area contributed by atoms with Crippen molar-refractivity contribution in [3.05, 3.63) is 65.7 Å². The smallest absolute Gasteiger partial charge is 0.246 e. The van der Waals surface area contributed by atoms with E-state index < -0.39 is 0 Å². The van der Waals surface area contributed by atoms with Crippen LogP contribution >= 0.6 is 0 Å². The minimum absolute atomic E-state index is 0.00938. The molecule has 4 rings (SSSR count). The predicted octanol–water partition coefficient (Wildman–Crippen LogP) is 2.42.